The highest BCUT2D eigenvalue weighted by Crippen LogP contribution is 2.36. The first-order valence-electron chi connectivity index (χ1n) is 13.1. The van der Waals surface area contributed by atoms with E-state index in [1.54, 1.807) is 6.20 Å². The van der Waals surface area contributed by atoms with Gasteiger partial charge in [0.2, 0.25) is 5.91 Å². The van der Waals surface area contributed by atoms with E-state index in [1.165, 1.54) is 17.7 Å². The number of hydrogen-bond donors (Lipinski definition) is 2. The third-order valence-corrected chi connectivity index (χ3v) is 7.79. The van der Waals surface area contributed by atoms with Gasteiger partial charge < -0.3 is 19.8 Å². The molecule has 0 spiro atoms. The van der Waals surface area contributed by atoms with E-state index < -0.39 is 11.7 Å². The molecular formula is C27H30F3N5O3. The topological polar surface area (TPSA) is 92.4 Å². The number of ether oxygens (including phenoxy) is 2. The van der Waals surface area contributed by atoms with Gasteiger partial charge in [-0.3, -0.25) is 14.7 Å². The number of halogens is 3. The number of alkyl halides is 3. The van der Waals surface area contributed by atoms with Crippen molar-refractivity contribution in [2.24, 2.45) is 0 Å². The molecule has 1 amide bonds. The molecule has 4 heterocycles. The maximum Gasteiger partial charge on any atom is 0.418 e. The molecule has 2 aliphatic heterocycles. The molecule has 0 saturated carbocycles. The van der Waals surface area contributed by atoms with Gasteiger partial charge in [0.05, 0.1) is 35.3 Å². The third kappa shape index (κ3) is 5.14. The zero-order valence-electron chi connectivity index (χ0n) is 20.8. The molecule has 3 aliphatic rings. The van der Waals surface area contributed by atoms with Gasteiger partial charge in [0.15, 0.2) is 0 Å². The molecule has 6 rings (SSSR count). The van der Waals surface area contributed by atoms with E-state index in [0.717, 1.165) is 50.7 Å². The number of nitrogens with one attached hydrogen (secondary N) is 2. The number of carbonyl (C=O) groups is 1. The number of benzene rings is 1. The molecule has 0 bridgehead atoms. The summed E-state index contributed by atoms with van der Waals surface area (Å²) in [7, 11) is 0. The van der Waals surface area contributed by atoms with Gasteiger partial charge in [0.1, 0.15) is 17.4 Å². The number of aromatic nitrogens is 3. The summed E-state index contributed by atoms with van der Waals surface area (Å²) in [5.74, 6) is -0.116. The molecule has 2 unspecified atom stereocenters. The number of carbonyl (C=O) groups excluding carboxylic acids is 1. The molecule has 11 heteroatoms. The number of H-pyrrole nitrogens is 1. The van der Waals surface area contributed by atoms with Gasteiger partial charge in [-0.1, -0.05) is 12.1 Å². The van der Waals surface area contributed by atoms with Gasteiger partial charge in [0.25, 0.3) is 0 Å². The highest BCUT2D eigenvalue weighted by molar-refractivity contribution is 5.82. The lowest BCUT2D eigenvalue weighted by molar-refractivity contribution is -0.136. The number of likely N-dealkylation sites (tertiary alicyclic amines) is 1. The second kappa shape index (κ2) is 10.3. The molecule has 1 aromatic carbocycles. The monoisotopic (exact) mass is 529 g/mol. The van der Waals surface area contributed by atoms with Gasteiger partial charge in [-0.25, -0.2) is 4.98 Å². The molecular weight excluding hydrogens is 499 g/mol. The third-order valence-electron chi connectivity index (χ3n) is 7.79. The van der Waals surface area contributed by atoms with Crippen molar-refractivity contribution in [1.82, 2.24) is 25.2 Å². The number of nitrogens with zero attached hydrogens (tertiary/aromatic N) is 3. The van der Waals surface area contributed by atoms with Crippen molar-refractivity contribution in [3.63, 3.8) is 0 Å². The van der Waals surface area contributed by atoms with Crippen LogP contribution in [0, 0.1) is 0 Å². The molecule has 1 aliphatic carbocycles. The van der Waals surface area contributed by atoms with E-state index in [9.17, 15) is 18.0 Å². The Labute approximate surface area is 217 Å². The number of hydrogen-bond acceptors (Lipinski definition) is 6. The Bertz CT molecular complexity index is 1310. The number of aromatic amines is 1. The summed E-state index contributed by atoms with van der Waals surface area (Å²) in [4.78, 5) is 27.0. The second-order valence-corrected chi connectivity index (χ2v) is 10.3. The summed E-state index contributed by atoms with van der Waals surface area (Å²) in [5.41, 5.74) is 1.41. The second-order valence-electron chi connectivity index (χ2n) is 10.3. The van der Waals surface area contributed by atoms with Crippen molar-refractivity contribution in [3.05, 3.63) is 59.2 Å². The molecule has 8 nitrogen and oxygen atoms in total. The Hall–Kier alpha value is -3.02. The predicted molar refractivity (Wildman–Crippen MR) is 132 cm³/mol. The fourth-order valence-electron chi connectivity index (χ4n) is 5.95. The van der Waals surface area contributed by atoms with Crippen LogP contribution in [-0.2, 0) is 33.3 Å². The van der Waals surface area contributed by atoms with E-state index >= 15 is 0 Å². The summed E-state index contributed by atoms with van der Waals surface area (Å²) in [6.45, 7) is 2.76. The van der Waals surface area contributed by atoms with Crippen molar-refractivity contribution < 1.29 is 27.4 Å². The minimum atomic E-state index is -4.52. The summed E-state index contributed by atoms with van der Waals surface area (Å²) < 4.78 is 52.3. The Balaban J connectivity index is 1.17. The first kappa shape index (κ1) is 25.3. The number of amides is 1. The van der Waals surface area contributed by atoms with E-state index in [4.69, 9.17) is 9.47 Å². The summed E-state index contributed by atoms with van der Waals surface area (Å²) in [6, 6.07) is 7.96. The van der Waals surface area contributed by atoms with E-state index in [-0.39, 0.29) is 47.4 Å². The molecule has 0 radical (unpaired) electrons. The normalized spacial score (nSPS) is 24.7. The number of rotatable bonds is 6. The van der Waals surface area contributed by atoms with E-state index in [1.807, 2.05) is 6.07 Å². The zero-order valence-corrected chi connectivity index (χ0v) is 20.8. The molecule has 38 heavy (non-hydrogen) atoms. The minimum absolute atomic E-state index is 0.124. The van der Waals surface area contributed by atoms with Crippen LogP contribution in [0.3, 0.4) is 0 Å². The van der Waals surface area contributed by atoms with E-state index in [0.29, 0.717) is 19.1 Å². The lowest BCUT2D eigenvalue weighted by Crippen LogP contribution is -2.45. The minimum Gasteiger partial charge on any atom is -0.381 e. The largest absolute Gasteiger partial charge is 0.418 e. The van der Waals surface area contributed by atoms with Crippen LogP contribution in [-0.4, -0.2) is 70.2 Å². The molecule has 202 valence electrons. The zero-order chi connectivity index (χ0) is 26.3. The van der Waals surface area contributed by atoms with Crippen molar-refractivity contribution in [2.75, 3.05) is 26.3 Å². The average Bonchev–Trinajstić information content (AvgIpc) is 3.61. The first-order valence-corrected chi connectivity index (χ1v) is 13.1. The number of aryl methyl sites for hydroxylation is 1. The molecule has 3 aromatic rings. The average molecular weight is 530 g/mol. The lowest BCUT2D eigenvalue weighted by Gasteiger charge is -2.31. The smallest absolute Gasteiger partial charge is 0.381 e. The van der Waals surface area contributed by atoms with Gasteiger partial charge in [0, 0.05) is 38.5 Å². The Kier molecular flexibility index (Phi) is 6.83. The van der Waals surface area contributed by atoms with E-state index in [2.05, 4.69) is 31.2 Å². The summed E-state index contributed by atoms with van der Waals surface area (Å²) in [5, 5.41) is 3.09. The van der Waals surface area contributed by atoms with Crippen LogP contribution in [0.15, 0.2) is 36.5 Å². The predicted octanol–water partition coefficient (Wildman–Crippen LogP) is 3.57. The van der Waals surface area contributed by atoms with Crippen LogP contribution in [0.4, 0.5) is 13.2 Å². The molecule has 2 N–H and O–H groups in total. The van der Waals surface area contributed by atoms with Crippen molar-refractivity contribution >= 4 is 16.9 Å². The first-order chi connectivity index (χ1) is 18.3. The van der Waals surface area contributed by atoms with Crippen LogP contribution in [0.2, 0.25) is 0 Å². The number of imidazole rings is 1. The summed E-state index contributed by atoms with van der Waals surface area (Å²) >= 11 is 0. The lowest BCUT2D eigenvalue weighted by atomic mass is 10.1. The van der Waals surface area contributed by atoms with Crippen LogP contribution in [0.25, 0.3) is 11.0 Å². The summed E-state index contributed by atoms with van der Waals surface area (Å²) in [6.07, 6.45) is 0.372. The molecule has 2 saturated heterocycles. The SMILES string of the molecule is O=C(Cc1nc2c(C(F)(F)F)cccc2[nH]1)NC1CN(C2CCOCC2)C[C@@H]1OC1CCc2cccnc21. The Morgan fingerprint density at radius 3 is 2.82 bits per heavy atom. The number of para-hydroxylation sites is 1. The molecule has 3 atom stereocenters. The van der Waals surface area contributed by atoms with Crippen LogP contribution >= 0.6 is 0 Å². The fourth-order valence-corrected chi connectivity index (χ4v) is 5.95. The molecule has 2 fully saturated rings. The van der Waals surface area contributed by atoms with Crippen LogP contribution in [0.1, 0.15) is 48.0 Å². The van der Waals surface area contributed by atoms with Crippen molar-refractivity contribution in [3.8, 4) is 0 Å². The fraction of sp³-hybridized carbons (Fsp3) is 0.519. The Morgan fingerprint density at radius 2 is 2.00 bits per heavy atom. The van der Waals surface area contributed by atoms with Gasteiger partial charge >= 0.3 is 6.18 Å². The van der Waals surface area contributed by atoms with Crippen molar-refractivity contribution in [2.45, 2.75) is 62.6 Å². The van der Waals surface area contributed by atoms with Gasteiger partial charge in [-0.15, -0.1) is 0 Å². The quantitative estimate of drug-likeness (QED) is 0.507. The van der Waals surface area contributed by atoms with Crippen LogP contribution < -0.4 is 5.32 Å². The Morgan fingerprint density at radius 1 is 1.16 bits per heavy atom. The maximum atomic E-state index is 13.4. The highest BCUT2D eigenvalue weighted by Gasteiger charge is 2.41. The number of fused-ring (bicyclic) bond motifs is 2. The maximum absolute atomic E-state index is 13.4. The molecule has 2 aromatic heterocycles. The van der Waals surface area contributed by atoms with Gasteiger partial charge in [-0.05, 0) is 49.4 Å². The van der Waals surface area contributed by atoms with Crippen LogP contribution in [0.5, 0.6) is 0 Å². The standard InChI is InChI=1S/C27H30F3N5O3/c28-27(29,30)18-4-1-5-19-26(18)34-23(32-19)13-24(36)33-20-14-35(17-8-11-37-12-9-17)15-22(20)38-21-7-6-16-3-2-10-31-25(16)21/h1-5,10,17,20-22H,6-9,11-15H2,(H,32,34)(H,33,36)/t20?,21?,22-/m0/s1. The number of pyridine rings is 1. The van der Waals surface area contributed by atoms with Crippen molar-refractivity contribution in [1.29, 1.82) is 0 Å². The highest BCUT2D eigenvalue weighted by atomic mass is 19.4. The van der Waals surface area contributed by atoms with Gasteiger partial charge in [-0.2, -0.15) is 13.2 Å².